The van der Waals surface area contributed by atoms with Crippen LogP contribution in [0.25, 0.3) is 6.08 Å². The Labute approximate surface area is 179 Å². The first-order valence-electron chi connectivity index (χ1n) is 9.99. The van der Waals surface area contributed by atoms with Crippen molar-refractivity contribution in [3.05, 3.63) is 59.3 Å². The van der Waals surface area contributed by atoms with Gasteiger partial charge in [0.05, 0.1) is 18.1 Å². The summed E-state index contributed by atoms with van der Waals surface area (Å²) in [5.74, 6) is 0.836. The van der Waals surface area contributed by atoms with Gasteiger partial charge in [0, 0.05) is 37.5 Å². The molecule has 0 aliphatic carbocycles. The van der Waals surface area contributed by atoms with Crippen LogP contribution in [-0.2, 0) is 11.2 Å². The fourth-order valence-electron chi connectivity index (χ4n) is 3.34. The molecule has 154 valence electrons. The molecule has 9 heteroatoms. The quantitative estimate of drug-likeness (QED) is 0.609. The van der Waals surface area contributed by atoms with Crippen molar-refractivity contribution in [3.8, 4) is 0 Å². The minimum absolute atomic E-state index is 0.0118. The van der Waals surface area contributed by atoms with Gasteiger partial charge in [0.25, 0.3) is 0 Å². The minimum Gasteiger partial charge on any atom is -0.338 e. The van der Waals surface area contributed by atoms with Gasteiger partial charge < -0.3 is 10.2 Å². The number of likely N-dealkylation sites (tertiary alicyclic amines) is 1. The van der Waals surface area contributed by atoms with Crippen LogP contribution in [0.2, 0.25) is 0 Å². The van der Waals surface area contributed by atoms with Gasteiger partial charge in [-0.2, -0.15) is 0 Å². The van der Waals surface area contributed by atoms with E-state index in [4.69, 9.17) is 0 Å². The lowest BCUT2D eigenvalue weighted by atomic mass is 9.95. The fraction of sp³-hybridized carbons (Fsp3) is 0.333. The first kappa shape index (κ1) is 20.1. The Balaban J connectivity index is 1.36. The van der Waals surface area contributed by atoms with Crippen LogP contribution in [-0.4, -0.2) is 49.0 Å². The van der Waals surface area contributed by atoms with E-state index in [-0.39, 0.29) is 11.8 Å². The van der Waals surface area contributed by atoms with Crippen LogP contribution >= 0.6 is 11.3 Å². The Morgan fingerprint density at radius 2 is 2.23 bits per heavy atom. The summed E-state index contributed by atoms with van der Waals surface area (Å²) in [7, 11) is 0. The van der Waals surface area contributed by atoms with E-state index in [9.17, 15) is 4.79 Å². The number of pyridine rings is 1. The molecule has 3 aromatic rings. The molecule has 1 N–H and O–H groups in total. The normalized spacial score (nSPS) is 16.7. The largest absolute Gasteiger partial charge is 0.338 e. The van der Waals surface area contributed by atoms with Crippen LogP contribution < -0.4 is 5.32 Å². The lowest BCUT2D eigenvalue weighted by molar-refractivity contribution is -0.127. The smallest absolute Gasteiger partial charge is 0.246 e. The molecule has 0 aromatic carbocycles. The number of hydrogen-bond donors (Lipinski definition) is 1. The van der Waals surface area contributed by atoms with Gasteiger partial charge in [-0.05, 0) is 37.0 Å². The molecule has 0 saturated carbocycles. The summed E-state index contributed by atoms with van der Waals surface area (Å²) in [4.78, 5) is 27.6. The number of carbonyl (C=O) groups excluding carboxylic acids is 1. The van der Waals surface area contributed by atoms with Crippen molar-refractivity contribution >= 4 is 34.3 Å². The van der Waals surface area contributed by atoms with Crippen LogP contribution in [0, 0.1) is 0 Å². The zero-order chi connectivity index (χ0) is 20.8. The van der Waals surface area contributed by atoms with E-state index in [1.54, 1.807) is 36.9 Å². The summed E-state index contributed by atoms with van der Waals surface area (Å²) in [6.07, 6.45) is 13.2. The Kier molecular flexibility index (Phi) is 6.38. The number of aromatic nitrogens is 5. The van der Waals surface area contributed by atoms with Crippen molar-refractivity contribution in [2.24, 2.45) is 0 Å². The molecule has 1 amide bonds. The third-order valence-corrected chi connectivity index (χ3v) is 5.91. The van der Waals surface area contributed by atoms with Gasteiger partial charge >= 0.3 is 0 Å². The molecule has 1 aliphatic heterocycles. The molecule has 3 aromatic heterocycles. The van der Waals surface area contributed by atoms with E-state index in [1.807, 2.05) is 24.0 Å². The highest BCUT2D eigenvalue weighted by molar-refractivity contribution is 7.15. The summed E-state index contributed by atoms with van der Waals surface area (Å²) in [6, 6.07) is 3.78. The van der Waals surface area contributed by atoms with Crippen molar-refractivity contribution in [2.45, 2.75) is 32.1 Å². The van der Waals surface area contributed by atoms with Crippen molar-refractivity contribution in [1.82, 2.24) is 30.0 Å². The van der Waals surface area contributed by atoms with E-state index < -0.39 is 0 Å². The van der Waals surface area contributed by atoms with E-state index >= 15 is 0 Å². The number of aryl methyl sites for hydroxylation is 1. The number of rotatable bonds is 6. The van der Waals surface area contributed by atoms with Crippen molar-refractivity contribution in [1.29, 1.82) is 0 Å². The van der Waals surface area contributed by atoms with Gasteiger partial charge in [-0.1, -0.05) is 24.3 Å². The lowest BCUT2D eigenvalue weighted by Crippen LogP contribution is -2.38. The SMILES string of the molecule is CCc1nnc(Nc2cnc([C@@H]3CCCN(C(=O)/C=C/c4cccnc4)C3)cn2)s1. The minimum atomic E-state index is 0.0118. The number of hydrogen-bond acceptors (Lipinski definition) is 8. The summed E-state index contributed by atoms with van der Waals surface area (Å²) in [5.41, 5.74) is 1.82. The highest BCUT2D eigenvalue weighted by atomic mass is 32.1. The molecule has 30 heavy (non-hydrogen) atoms. The second-order valence-corrected chi connectivity index (χ2v) is 8.11. The summed E-state index contributed by atoms with van der Waals surface area (Å²) >= 11 is 1.51. The Morgan fingerprint density at radius 1 is 1.30 bits per heavy atom. The van der Waals surface area contributed by atoms with Crippen LogP contribution in [0.15, 0.2) is 43.0 Å². The molecule has 0 unspecified atom stereocenters. The van der Waals surface area contributed by atoms with Crippen LogP contribution in [0.5, 0.6) is 0 Å². The van der Waals surface area contributed by atoms with Crippen LogP contribution in [0.1, 0.15) is 41.9 Å². The first-order chi connectivity index (χ1) is 14.7. The maximum atomic E-state index is 12.6. The van der Waals surface area contributed by atoms with Crippen LogP contribution in [0.4, 0.5) is 10.9 Å². The maximum Gasteiger partial charge on any atom is 0.246 e. The lowest BCUT2D eigenvalue weighted by Gasteiger charge is -2.31. The first-order valence-corrected chi connectivity index (χ1v) is 10.8. The molecular formula is C21H23N7OS. The summed E-state index contributed by atoms with van der Waals surface area (Å²) in [5, 5.41) is 13.0. The highest BCUT2D eigenvalue weighted by Crippen LogP contribution is 2.26. The molecule has 1 saturated heterocycles. The fourth-order valence-corrected chi connectivity index (χ4v) is 4.02. The third-order valence-electron chi connectivity index (χ3n) is 4.93. The molecule has 0 radical (unpaired) electrons. The number of anilines is 2. The monoisotopic (exact) mass is 421 g/mol. The zero-order valence-corrected chi connectivity index (χ0v) is 17.5. The van der Waals surface area contributed by atoms with E-state index in [0.717, 1.165) is 42.1 Å². The number of piperidine rings is 1. The van der Waals surface area contributed by atoms with Crippen molar-refractivity contribution in [2.75, 3.05) is 18.4 Å². The second kappa shape index (κ2) is 9.53. The Bertz CT molecular complexity index is 1000. The molecule has 0 spiro atoms. The summed E-state index contributed by atoms with van der Waals surface area (Å²) in [6.45, 7) is 3.45. The highest BCUT2D eigenvalue weighted by Gasteiger charge is 2.24. The predicted molar refractivity (Wildman–Crippen MR) is 116 cm³/mol. The second-order valence-electron chi connectivity index (χ2n) is 7.05. The Morgan fingerprint density at radius 3 is 2.97 bits per heavy atom. The standard InChI is InChI=1S/C21H23N7OS/c1-2-19-26-27-21(30-19)25-18-13-23-17(12-24-18)16-6-4-10-28(14-16)20(29)8-7-15-5-3-9-22-11-15/h3,5,7-9,11-13,16H,2,4,6,10,14H2,1H3,(H,24,25,27)/b8-7+/t16-/m1/s1. The van der Waals surface area contributed by atoms with Gasteiger partial charge in [0.2, 0.25) is 11.0 Å². The van der Waals surface area contributed by atoms with Crippen LogP contribution in [0.3, 0.4) is 0 Å². The number of carbonyl (C=O) groups is 1. The molecule has 8 nitrogen and oxygen atoms in total. The van der Waals surface area contributed by atoms with Crippen molar-refractivity contribution in [3.63, 3.8) is 0 Å². The van der Waals surface area contributed by atoms with Gasteiger partial charge in [-0.15, -0.1) is 10.2 Å². The van der Waals surface area contributed by atoms with Crippen molar-refractivity contribution < 1.29 is 4.79 Å². The van der Waals surface area contributed by atoms with E-state index in [1.165, 1.54) is 11.3 Å². The topological polar surface area (TPSA) is 96.8 Å². The summed E-state index contributed by atoms with van der Waals surface area (Å²) < 4.78 is 0. The molecule has 4 rings (SSSR count). The molecule has 0 bridgehead atoms. The molecule has 1 atom stereocenters. The van der Waals surface area contributed by atoms with E-state index in [2.05, 4.69) is 30.5 Å². The third kappa shape index (κ3) is 5.04. The molecular weight excluding hydrogens is 398 g/mol. The maximum absolute atomic E-state index is 12.6. The molecule has 1 fully saturated rings. The molecule has 4 heterocycles. The average Bonchev–Trinajstić information content (AvgIpc) is 3.26. The Hall–Kier alpha value is -3.20. The number of amides is 1. The zero-order valence-electron chi connectivity index (χ0n) is 16.7. The van der Waals surface area contributed by atoms with Gasteiger partial charge in [0.1, 0.15) is 5.01 Å². The predicted octanol–water partition coefficient (Wildman–Crippen LogP) is 3.45. The average molecular weight is 422 g/mol. The number of nitrogens with one attached hydrogen (secondary N) is 1. The number of nitrogens with zero attached hydrogens (tertiary/aromatic N) is 6. The molecule has 1 aliphatic rings. The van der Waals surface area contributed by atoms with Gasteiger partial charge in [-0.25, -0.2) is 4.98 Å². The van der Waals surface area contributed by atoms with E-state index in [0.29, 0.717) is 17.5 Å². The van der Waals surface area contributed by atoms with Gasteiger partial charge in [0.15, 0.2) is 5.82 Å². The van der Waals surface area contributed by atoms with Gasteiger partial charge in [-0.3, -0.25) is 14.8 Å².